The van der Waals surface area contributed by atoms with E-state index in [-0.39, 0.29) is 18.2 Å². The average molecular weight is 457 g/mol. The second kappa shape index (κ2) is 11.1. The molecule has 1 unspecified atom stereocenters. The molecule has 0 radical (unpaired) electrons. The molecule has 2 amide bonds. The van der Waals surface area contributed by atoms with E-state index in [2.05, 4.69) is 11.4 Å². The Hall–Kier alpha value is -3.40. The van der Waals surface area contributed by atoms with Crippen LogP contribution in [0.4, 0.5) is 0 Å². The maximum absolute atomic E-state index is 13.8. The summed E-state index contributed by atoms with van der Waals surface area (Å²) >= 11 is 0. The summed E-state index contributed by atoms with van der Waals surface area (Å²) in [4.78, 5) is 29.1. The SMILES string of the molecule is Cc1cccc(CC(=O)N(Cc2cccc(C)c2)C(Cc2ccccc2)C(=O)NC(C)(C)C)c1. The Morgan fingerprint density at radius 2 is 1.35 bits per heavy atom. The molecule has 0 aliphatic heterocycles. The topological polar surface area (TPSA) is 49.4 Å². The number of carbonyl (C=O) groups is 2. The summed E-state index contributed by atoms with van der Waals surface area (Å²) < 4.78 is 0. The second-order valence-corrected chi connectivity index (χ2v) is 10.1. The number of hydrogen-bond acceptors (Lipinski definition) is 2. The quantitative estimate of drug-likeness (QED) is 0.493. The van der Waals surface area contributed by atoms with E-state index >= 15 is 0 Å². The molecule has 34 heavy (non-hydrogen) atoms. The zero-order chi connectivity index (χ0) is 24.7. The van der Waals surface area contributed by atoms with Crippen molar-refractivity contribution in [2.75, 3.05) is 0 Å². The number of nitrogens with one attached hydrogen (secondary N) is 1. The van der Waals surface area contributed by atoms with Gasteiger partial charge in [0.1, 0.15) is 6.04 Å². The van der Waals surface area contributed by atoms with Crippen LogP contribution in [-0.4, -0.2) is 28.3 Å². The molecule has 0 spiro atoms. The molecule has 0 bridgehead atoms. The standard InChI is InChI=1S/C30H36N2O2/c1-22-11-9-15-25(17-22)20-28(33)32(21-26-16-10-12-23(2)18-26)27(29(34)31-30(3,4)5)19-24-13-7-6-8-14-24/h6-18,27H,19-21H2,1-5H3,(H,31,34). The lowest BCUT2D eigenvalue weighted by Gasteiger charge is -2.34. The number of amides is 2. The van der Waals surface area contributed by atoms with Gasteiger partial charge in [0.2, 0.25) is 11.8 Å². The summed E-state index contributed by atoms with van der Waals surface area (Å²) in [6, 6.07) is 25.4. The van der Waals surface area contributed by atoms with Crippen molar-refractivity contribution in [2.45, 2.75) is 65.6 Å². The van der Waals surface area contributed by atoms with Crippen LogP contribution in [0.25, 0.3) is 0 Å². The van der Waals surface area contributed by atoms with Crippen molar-refractivity contribution in [1.82, 2.24) is 10.2 Å². The Morgan fingerprint density at radius 3 is 1.94 bits per heavy atom. The lowest BCUT2D eigenvalue weighted by molar-refractivity contribution is -0.141. The maximum Gasteiger partial charge on any atom is 0.243 e. The Balaban J connectivity index is 1.99. The Bertz CT molecular complexity index is 1120. The summed E-state index contributed by atoms with van der Waals surface area (Å²) in [5, 5.41) is 3.11. The van der Waals surface area contributed by atoms with Crippen LogP contribution in [0.1, 0.15) is 48.6 Å². The highest BCUT2D eigenvalue weighted by molar-refractivity contribution is 5.89. The zero-order valence-corrected chi connectivity index (χ0v) is 21.0. The molecule has 1 N–H and O–H groups in total. The minimum atomic E-state index is -0.626. The van der Waals surface area contributed by atoms with Gasteiger partial charge in [-0.2, -0.15) is 0 Å². The largest absolute Gasteiger partial charge is 0.350 e. The minimum Gasteiger partial charge on any atom is -0.350 e. The van der Waals surface area contributed by atoms with Crippen LogP contribution in [-0.2, 0) is 29.0 Å². The lowest BCUT2D eigenvalue weighted by atomic mass is 9.99. The molecular weight excluding hydrogens is 420 g/mol. The van der Waals surface area contributed by atoms with Gasteiger partial charge in [-0.25, -0.2) is 0 Å². The molecule has 3 aromatic rings. The molecule has 0 saturated carbocycles. The van der Waals surface area contributed by atoms with Gasteiger partial charge in [-0.1, -0.05) is 90.0 Å². The Morgan fingerprint density at radius 1 is 0.794 bits per heavy atom. The van der Waals surface area contributed by atoms with E-state index < -0.39 is 11.6 Å². The van der Waals surface area contributed by atoms with E-state index in [1.54, 1.807) is 4.90 Å². The van der Waals surface area contributed by atoms with Gasteiger partial charge in [-0.15, -0.1) is 0 Å². The van der Waals surface area contributed by atoms with E-state index in [1.807, 2.05) is 107 Å². The first-order valence-electron chi connectivity index (χ1n) is 11.9. The molecule has 3 rings (SSSR count). The summed E-state index contributed by atoms with van der Waals surface area (Å²) in [7, 11) is 0. The van der Waals surface area contributed by atoms with Gasteiger partial charge in [0.05, 0.1) is 6.42 Å². The van der Waals surface area contributed by atoms with Crippen molar-refractivity contribution >= 4 is 11.8 Å². The van der Waals surface area contributed by atoms with Crippen LogP contribution in [0.2, 0.25) is 0 Å². The van der Waals surface area contributed by atoms with Crippen molar-refractivity contribution in [3.05, 3.63) is 107 Å². The predicted octanol–water partition coefficient (Wildman–Crippen LogP) is 5.40. The number of aryl methyl sites for hydroxylation is 2. The van der Waals surface area contributed by atoms with Crippen LogP contribution < -0.4 is 5.32 Å². The fourth-order valence-electron chi connectivity index (χ4n) is 4.11. The summed E-state index contributed by atoms with van der Waals surface area (Å²) in [6.45, 7) is 10.3. The number of hydrogen-bond donors (Lipinski definition) is 1. The third-order valence-corrected chi connectivity index (χ3v) is 5.64. The Labute approximate surface area is 204 Å². The van der Waals surface area contributed by atoms with Crippen molar-refractivity contribution in [3.8, 4) is 0 Å². The fourth-order valence-corrected chi connectivity index (χ4v) is 4.11. The molecule has 1 atom stereocenters. The van der Waals surface area contributed by atoms with E-state index in [0.29, 0.717) is 13.0 Å². The molecule has 4 heteroatoms. The molecule has 0 saturated heterocycles. The van der Waals surface area contributed by atoms with E-state index in [4.69, 9.17) is 0 Å². The third-order valence-electron chi connectivity index (χ3n) is 5.64. The smallest absolute Gasteiger partial charge is 0.243 e. The molecule has 178 valence electrons. The number of carbonyl (C=O) groups excluding carboxylic acids is 2. The molecule has 0 aliphatic carbocycles. The minimum absolute atomic E-state index is 0.0582. The zero-order valence-electron chi connectivity index (χ0n) is 21.0. The summed E-state index contributed by atoms with van der Waals surface area (Å²) in [5.41, 5.74) is 4.83. The molecule has 3 aromatic carbocycles. The first kappa shape index (κ1) is 25.2. The average Bonchev–Trinajstić information content (AvgIpc) is 2.75. The molecule has 0 aromatic heterocycles. The van der Waals surface area contributed by atoms with Crippen LogP contribution in [0.5, 0.6) is 0 Å². The van der Waals surface area contributed by atoms with Crippen molar-refractivity contribution in [3.63, 3.8) is 0 Å². The summed E-state index contributed by atoms with van der Waals surface area (Å²) in [5.74, 6) is -0.196. The van der Waals surface area contributed by atoms with Gasteiger partial charge in [0, 0.05) is 18.5 Å². The highest BCUT2D eigenvalue weighted by atomic mass is 16.2. The highest BCUT2D eigenvalue weighted by Crippen LogP contribution is 2.18. The predicted molar refractivity (Wildman–Crippen MR) is 138 cm³/mol. The molecule has 0 fully saturated rings. The van der Waals surface area contributed by atoms with Crippen LogP contribution >= 0.6 is 0 Å². The van der Waals surface area contributed by atoms with Crippen LogP contribution in [0.15, 0.2) is 78.9 Å². The third kappa shape index (κ3) is 7.58. The van der Waals surface area contributed by atoms with Crippen molar-refractivity contribution in [1.29, 1.82) is 0 Å². The van der Waals surface area contributed by atoms with Crippen LogP contribution in [0, 0.1) is 13.8 Å². The number of rotatable bonds is 8. The second-order valence-electron chi connectivity index (χ2n) is 10.1. The first-order valence-corrected chi connectivity index (χ1v) is 11.9. The monoisotopic (exact) mass is 456 g/mol. The van der Waals surface area contributed by atoms with Gasteiger partial charge in [-0.05, 0) is 51.3 Å². The van der Waals surface area contributed by atoms with Gasteiger partial charge in [0.25, 0.3) is 0 Å². The van der Waals surface area contributed by atoms with Crippen molar-refractivity contribution < 1.29 is 9.59 Å². The van der Waals surface area contributed by atoms with E-state index in [0.717, 1.165) is 27.8 Å². The molecule has 0 aliphatic rings. The maximum atomic E-state index is 13.8. The van der Waals surface area contributed by atoms with Crippen molar-refractivity contribution in [2.24, 2.45) is 0 Å². The highest BCUT2D eigenvalue weighted by Gasteiger charge is 2.32. The summed E-state index contributed by atoms with van der Waals surface area (Å²) in [6.07, 6.45) is 0.704. The normalized spacial score (nSPS) is 12.1. The van der Waals surface area contributed by atoms with Gasteiger partial charge in [0.15, 0.2) is 0 Å². The molecule has 4 nitrogen and oxygen atoms in total. The van der Waals surface area contributed by atoms with E-state index in [9.17, 15) is 9.59 Å². The Kier molecular flexibility index (Phi) is 8.27. The van der Waals surface area contributed by atoms with Gasteiger partial charge < -0.3 is 10.2 Å². The van der Waals surface area contributed by atoms with Crippen LogP contribution in [0.3, 0.4) is 0 Å². The lowest BCUT2D eigenvalue weighted by Crippen LogP contribution is -2.54. The molecule has 0 heterocycles. The molecular formula is C30H36N2O2. The number of nitrogens with zero attached hydrogens (tertiary/aromatic N) is 1. The first-order chi connectivity index (χ1) is 16.1. The van der Waals surface area contributed by atoms with E-state index in [1.165, 1.54) is 0 Å². The fraction of sp³-hybridized carbons (Fsp3) is 0.333. The van der Waals surface area contributed by atoms with Gasteiger partial charge >= 0.3 is 0 Å². The van der Waals surface area contributed by atoms with Gasteiger partial charge in [-0.3, -0.25) is 9.59 Å². The number of benzene rings is 3.